The molecule has 216 valence electrons. The molecule has 0 aliphatic carbocycles. The second kappa shape index (κ2) is 11.5. The minimum atomic E-state index is -1.02. The summed E-state index contributed by atoms with van der Waals surface area (Å²) in [6, 6.07) is 15.4. The first-order valence-corrected chi connectivity index (χ1v) is 14.0. The van der Waals surface area contributed by atoms with Crippen LogP contribution in [0.1, 0.15) is 39.8 Å². The van der Waals surface area contributed by atoms with E-state index in [2.05, 4.69) is 25.5 Å². The van der Waals surface area contributed by atoms with Crippen LogP contribution >= 0.6 is 12.4 Å². The molecule has 42 heavy (non-hydrogen) atoms. The standard InChI is InChI=1S/C31H30FN7O2.ClH/c32-25-17-21(20-6-8-22(9-7-20)37-14-11-33-12-15-37)16-23-24(25)18-39(31(23)41)29(28-26-4-3-13-38(26)19-35-28)30(40)36-27-5-1-2-10-34-27;/h1-2,5-10,16-17,19,29,33H,3-4,11-15,18H2,(H,34,36,40);1H. The van der Waals surface area contributed by atoms with Gasteiger partial charge in [-0.05, 0) is 60.4 Å². The Morgan fingerprint density at radius 2 is 1.81 bits per heavy atom. The van der Waals surface area contributed by atoms with Gasteiger partial charge in [0.2, 0.25) is 0 Å². The van der Waals surface area contributed by atoms with Crippen molar-refractivity contribution in [1.29, 1.82) is 0 Å². The summed E-state index contributed by atoms with van der Waals surface area (Å²) in [5.74, 6) is -0.903. The third-order valence-corrected chi connectivity index (χ3v) is 8.22. The molecule has 3 aliphatic heterocycles. The van der Waals surface area contributed by atoms with Crippen LogP contribution in [0.25, 0.3) is 11.1 Å². The number of hydrogen-bond donors (Lipinski definition) is 2. The van der Waals surface area contributed by atoms with Crippen LogP contribution in [0.2, 0.25) is 0 Å². The van der Waals surface area contributed by atoms with E-state index in [4.69, 9.17) is 0 Å². The normalized spacial score (nSPS) is 16.5. The molecule has 0 saturated carbocycles. The maximum Gasteiger partial charge on any atom is 0.255 e. The molecule has 2 aromatic carbocycles. The van der Waals surface area contributed by atoms with Crippen molar-refractivity contribution in [3.8, 4) is 11.1 Å². The average molecular weight is 588 g/mol. The van der Waals surface area contributed by atoms with Crippen molar-refractivity contribution in [3.63, 3.8) is 0 Å². The number of hydrogen-bond acceptors (Lipinski definition) is 6. The Bertz CT molecular complexity index is 1620. The zero-order valence-electron chi connectivity index (χ0n) is 22.9. The van der Waals surface area contributed by atoms with E-state index in [0.717, 1.165) is 62.5 Å². The van der Waals surface area contributed by atoms with Gasteiger partial charge >= 0.3 is 0 Å². The third kappa shape index (κ3) is 5.01. The Labute approximate surface area is 249 Å². The lowest BCUT2D eigenvalue weighted by Crippen LogP contribution is -2.43. The highest BCUT2D eigenvalue weighted by Gasteiger charge is 2.42. The summed E-state index contributed by atoms with van der Waals surface area (Å²) in [5, 5.41) is 6.19. The topological polar surface area (TPSA) is 95.4 Å². The van der Waals surface area contributed by atoms with Crippen LogP contribution in [0.4, 0.5) is 15.9 Å². The number of aryl methyl sites for hydroxylation is 1. The van der Waals surface area contributed by atoms with Crippen LogP contribution < -0.4 is 15.5 Å². The van der Waals surface area contributed by atoms with Gasteiger partial charge in [-0.2, -0.15) is 0 Å². The van der Waals surface area contributed by atoms with E-state index >= 15 is 4.39 Å². The zero-order chi connectivity index (χ0) is 27.9. The van der Waals surface area contributed by atoms with Crippen LogP contribution in [0.5, 0.6) is 0 Å². The monoisotopic (exact) mass is 587 g/mol. The highest BCUT2D eigenvalue weighted by Crippen LogP contribution is 2.38. The molecule has 1 unspecified atom stereocenters. The van der Waals surface area contributed by atoms with Gasteiger partial charge < -0.3 is 25.0 Å². The SMILES string of the molecule is Cl.O=C(Nc1ccccn1)C(c1ncn2c1CCC2)N1Cc2c(F)cc(-c3ccc(N4CCNCC4)cc3)cc2C1=O. The van der Waals surface area contributed by atoms with Crippen LogP contribution in [-0.4, -0.2) is 57.4 Å². The van der Waals surface area contributed by atoms with Gasteiger partial charge in [0.25, 0.3) is 11.8 Å². The Kier molecular flexibility index (Phi) is 7.66. The molecule has 0 bridgehead atoms. The predicted molar refractivity (Wildman–Crippen MR) is 160 cm³/mol. The van der Waals surface area contributed by atoms with Gasteiger partial charge in [0.05, 0.1) is 18.6 Å². The van der Waals surface area contributed by atoms with Gasteiger partial charge in [-0.15, -0.1) is 12.4 Å². The van der Waals surface area contributed by atoms with Crippen molar-refractivity contribution in [2.75, 3.05) is 36.4 Å². The number of fused-ring (bicyclic) bond motifs is 2. The maximum atomic E-state index is 15.6. The number of aromatic nitrogens is 3. The molecule has 9 nitrogen and oxygen atoms in total. The van der Waals surface area contributed by atoms with Crippen molar-refractivity contribution in [1.82, 2.24) is 24.8 Å². The van der Waals surface area contributed by atoms with Crippen LogP contribution in [0.3, 0.4) is 0 Å². The molecule has 1 fully saturated rings. The van der Waals surface area contributed by atoms with E-state index in [1.807, 2.05) is 28.8 Å². The molecular formula is C31H31ClFN7O2. The zero-order valence-corrected chi connectivity index (χ0v) is 23.7. The molecule has 0 radical (unpaired) electrons. The van der Waals surface area contributed by atoms with Crippen LogP contribution in [-0.2, 0) is 24.3 Å². The van der Waals surface area contributed by atoms with E-state index in [0.29, 0.717) is 22.6 Å². The van der Waals surface area contributed by atoms with Gasteiger partial charge in [-0.1, -0.05) is 18.2 Å². The second-order valence-corrected chi connectivity index (χ2v) is 10.7. The Balaban J connectivity index is 0.00000316. The lowest BCUT2D eigenvalue weighted by atomic mass is 9.99. The molecule has 0 spiro atoms. The number of amides is 2. The molecule has 4 aromatic rings. The highest BCUT2D eigenvalue weighted by atomic mass is 35.5. The molecule has 1 atom stereocenters. The maximum absolute atomic E-state index is 15.6. The van der Waals surface area contributed by atoms with Gasteiger partial charge in [0.15, 0.2) is 6.04 Å². The van der Waals surface area contributed by atoms with Crippen molar-refractivity contribution >= 4 is 35.7 Å². The molecule has 7 rings (SSSR count). The second-order valence-electron chi connectivity index (χ2n) is 10.7. The summed E-state index contributed by atoms with van der Waals surface area (Å²) in [5.41, 5.74) is 4.60. The quantitative estimate of drug-likeness (QED) is 0.351. The minimum Gasteiger partial charge on any atom is -0.369 e. The molecule has 1 saturated heterocycles. The smallest absolute Gasteiger partial charge is 0.255 e. The number of carbonyl (C=O) groups is 2. The van der Waals surface area contributed by atoms with E-state index in [-0.39, 0.29) is 30.4 Å². The number of benzene rings is 2. The van der Waals surface area contributed by atoms with E-state index in [1.54, 1.807) is 36.8 Å². The van der Waals surface area contributed by atoms with Crippen molar-refractivity contribution in [2.24, 2.45) is 0 Å². The number of anilines is 2. The van der Waals surface area contributed by atoms with Crippen molar-refractivity contribution < 1.29 is 14.0 Å². The van der Waals surface area contributed by atoms with Gasteiger partial charge in [0, 0.05) is 61.4 Å². The van der Waals surface area contributed by atoms with Crippen molar-refractivity contribution in [2.45, 2.75) is 32.0 Å². The van der Waals surface area contributed by atoms with E-state index in [1.165, 1.54) is 11.0 Å². The number of piperazine rings is 1. The largest absolute Gasteiger partial charge is 0.369 e. The van der Waals surface area contributed by atoms with Gasteiger partial charge in [-0.3, -0.25) is 9.59 Å². The molecule has 5 heterocycles. The molecule has 11 heteroatoms. The Morgan fingerprint density at radius 3 is 2.57 bits per heavy atom. The summed E-state index contributed by atoms with van der Waals surface area (Å²) in [7, 11) is 0. The summed E-state index contributed by atoms with van der Waals surface area (Å²) in [4.78, 5) is 40.2. The number of rotatable bonds is 6. The first-order valence-electron chi connectivity index (χ1n) is 14.0. The molecule has 2 N–H and O–H groups in total. The van der Waals surface area contributed by atoms with E-state index in [9.17, 15) is 9.59 Å². The summed E-state index contributed by atoms with van der Waals surface area (Å²) in [6.07, 6.45) is 5.01. The summed E-state index contributed by atoms with van der Waals surface area (Å²) < 4.78 is 17.6. The average Bonchev–Trinajstić information content (AvgIpc) is 3.71. The lowest BCUT2D eigenvalue weighted by Gasteiger charge is -2.29. The molecule has 2 aromatic heterocycles. The summed E-state index contributed by atoms with van der Waals surface area (Å²) >= 11 is 0. The molecule has 2 amide bonds. The number of imidazole rings is 1. The van der Waals surface area contributed by atoms with Crippen LogP contribution in [0.15, 0.2) is 67.1 Å². The van der Waals surface area contributed by atoms with Gasteiger partial charge in [-0.25, -0.2) is 14.4 Å². The highest BCUT2D eigenvalue weighted by molar-refractivity contribution is 6.04. The fourth-order valence-electron chi connectivity index (χ4n) is 6.13. The molecule has 3 aliphatic rings. The number of pyridine rings is 1. The fourth-order valence-corrected chi connectivity index (χ4v) is 6.13. The molecular weight excluding hydrogens is 557 g/mol. The fraction of sp³-hybridized carbons (Fsp3) is 0.290. The number of nitrogens with zero attached hydrogens (tertiary/aromatic N) is 5. The van der Waals surface area contributed by atoms with Crippen molar-refractivity contribution in [3.05, 3.63) is 95.5 Å². The first-order chi connectivity index (χ1) is 20.1. The number of carbonyl (C=O) groups excluding carboxylic acids is 2. The number of nitrogens with one attached hydrogen (secondary N) is 2. The van der Waals surface area contributed by atoms with Gasteiger partial charge in [0.1, 0.15) is 11.6 Å². The lowest BCUT2D eigenvalue weighted by molar-refractivity contribution is -0.121. The Hall–Kier alpha value is -4.28. The summed E-state index contributed by atoms with van der Waals surface area (Å²) in [6.45, 7) is 4.56. The Morgan fingerprint density at radius 1 is 1.00 bits per heavy atom. The third-order valence-electron chi connectivity index (χ3n) is 8.22. The first kappa shape index (κ1) is 27.9. The number of halogens is 2. The van der Waals surface area contributed by atoms with E-state index < -0.39 is 17.8 Å². The van der Waals surface area contributed by atoms with Crippen LogP contribution in [0, 0.1) is 5.82 Å². The minimum absolute atomic E-state index is 0. The predicted octanol–water partition coefficient (Wildman–Crippen LogP) is 4.20.